The lowest BCUT2D eigenvalue weighted by atomic mass is 10.1. The molecule has 0 aliphatic rings. The van der Waals surface area contributed by atoms with E-state index in [9.17, 15) is 0 Å². The Hall–Kier alpha value is -1.16. The van der Waals surface area contributed by atoms with Crippen molar-refractivity contribution in [3.05, 3.63) is 22.9 Å². The molecule has 1 heterocycles. The van der Waals surface area contributed by atoms with Crippen molar-refractivity contribution in [2.45, 2.75) is 46.6 Å². The highest BCUT2D eigenvalue weighted by Crippen LogP contribution is 2.20. The van der Waals surface area contributed by atoms with Gasteiger partial charge in [-0.15, -0.1) is 0 Å². The first-order chi connectivity index (χ1) is 7.99. The van der Waals surface area contributed by atoms with E-state index in [-0.39, 0.29) is 0 Å². The number of nitrogens with zero attached hydrogens (tertiary/aromatic N) is 1. The van der Waals surface area contributed by atoms with Crippen LogP contribution < -0.4 is 11.1 Å². The molecule has 17 heavy (non-hydrogen) atoms. The second-order valence-electron chi connectivity index (χ2n) is 4.33. The number of nitrogens with two attached hydrogens (primary N) is 1. The first kappa shape index (κ1) is 13.9. The molecule has 1 rings (SSSR count). The van der Waals surface area contributed by atoms with Gasteiger partial charge in [0.05, 0.1) is 5.56 Å². The highest BCUT2D eigenvalue weighted by Gasteiger charge is 2.13. The predicted molar refractivity (Wildman–Crippen MR) is 77.6 cm³/mol. The molecule has 0 unspecified atom stereocenters. The fourth-order valence-electron chi connectivity index (χ4n) is 1.94. The topological polar surface area (TPSA) is 50.9 Å². The molecule has 0 saturated heterocycles. The molecule has 1 aromatic heterocycles. The Morgan fingerprint density at radius 2 is 2.00 bits per heavy atom. The zero-order chi connectivity index (χ0) is 13.0. The van der Waals surface area contributed by atoms with Gasteiger partial charge < -0.3 is 11.1 Å². The van der Waals surface area contributed by atoms with Crippen LogP contribution in [-0.2, 0) is 0 Å². The van der Waals surface area contributed by atoms with Gasteiger partial charge in [-0.3, -0.25) is 0 Å². The normalized spacial score (nSPS) is 10.6. The van der Waals surface area contributed by atoms with Crippen molar-refractivity contribution in [2.24, 2.45) is 5.73 Å². The Bertz CT molecular complexity index is 411. The van der Waals surface area contributed by atoms with Crippen molar-refractivity contribution < 1.29 is 0 Å². The summed E-state index contributed by atoms with van der Waals surface area (Å²) in [5, 5.41) is 3.43. The number of nitrogens with one attached hydrogen (secondary N) is 1. The second kappa shape index (κ2) is 5.96. The van der Waals surface area contributed by atoms with Crippen LogP contribution in [0.15, 0.2) is 6.07 Å². The molecule has 0 fully saturated rings. The molecule has 0 bridgehead atoms. The summed E-state index contributed by atoms with van der Waals surface area (Å²) in [4.78, 5) is 4.92. The lowest BCUT2D eigenvalue weighted by Crippen LogP contribution is -2.23. The molecule has 3 nitrogen and oxygen atoms in total. The summed E-state index contributed by atoms with van der Waals surface area (Å²) in [6, 6.07) is 2.42. The summed E-state index contributed by atoms with van der Waals surface area (Å²) in [6.07, 6.45) is 2.11. The van der Waals surface area contributed by atoms with Crippen LogP contribution >= 0.6 is 12.2 Å². The summed E-state index contributed by atoms with van der Waals surface area (Å²) in [6.45, 7) is 8.31. The standard InChI is InChI=1S/C13H21N3S/c1-5-10(6-2)16-13-11(12(14)17)8(3)7-9(4)15-13/h7,10H,5-6H2,1-4H3,(H2,14,17)(H,15,16). The third-order valence-electron chi connectivity index (χ3n) is 2.92. The number of anilines is 1. The minimum absolute atomic E-state index is 0.406. The van der Waals surface area contributed by atoms with E-state index >= 15 is 0 Å². The van der Waals surface area contributed by atoms with Crippen LogP contribution in [0.1, 0.15) is 43.5 Å². The lowest BCUT2D eigenvalue weighted by molar-refractivity contribution is 0.668. The molecule has 0 radical (unpaired) electrons. The highest BCUT2D eigenvalue weighted by molar-refractivity contribution is 7.80. The van der Waals surface area contributed by atoms with Gasteiger partial charge in [-0.25, -0.2) is 4.98 Å². The van der Waals surface area contributed by atoms with Gasteiger partial charge in [-0.05, 0) is 38.3 Å². The van der Waals surface area contributed by atoms with Crippen LogP contribution in [0, 0.1) is 13.8 Å². The molecular formula is C13H21N3S. The van der Waals surface area contributed by atoms with Gasteiger partial charge in [-0.1, -0.05) is 26.1 Å². The quantitative estimate of drug-likeness (QED) is 0.790. The van der Waals surface area contributed by atoms with Crippen LogP contribution in [0.4, 0.5) is 5.82 Å². The zero-order valence-electron chi connectivity index (χ0n) is 11.0. The number of hydrogen-bond acceptors (Lipinski definition) is 3. The number of aromatic nitrogens is 1. The van der Waals surface area contributed by atoms with Gasteiger partial charge in [-0.2, -0.15) is 0 Å². The number of rotatable bonds is 5. The number of hydrogen-bond donors (Lipinski definition) is 2. The summed E-state index contributed by atoms with van der Waals surface area (Å²) in [5.74, 6) is 0.823. The van der Waals surface area contributed by atoms with E-state index in [0.717, 1.165) is 35.5 Å². The summed E-state index contributed by atoms with van der Waals surface area (Å²) >= 11 is 5.10. The van der Waals surface area contributed by atoms with Crippen LogP contribution in [0.5, 0.6) is 0 Å². The molecule has 94 valence electrons. The Balaban J connectivity index is 3.16. The van der Waals surface area contributed by atoms with Gasteiger partial charge in [0.2, 0.25) is 0 Å². The van der Waals surface area contributed by atoms with E-state index in [0.29, 0.717) is 11.0 Å². The Labute approximate surface area is 109 Å². The molecule has 0 aliphatic carbocycles. The number of pyridine rings is 1. The first-order valence-electron chi connectivity index (χ1n) is 6.04. The maximum absolute atomic E-state index is 5.78. The van der Waals surface area contributed by atoms with Crippen molar-refractivity contribution >= 4 is 23.0 Å². The van der Waals surface area contributed by atoms with Crippen LogP contribution in [0.3, 0.4) is 0 Å². The molecule has 4 heteroatoms. The van der Waals surface area contributed by atoms with Gasteiger partial charge >= 0.3 is 0 Å². The minimum Gasteiger partial charge on any atom is -0.389 e. The lowest BCUT2D eigenvalue weighted by Gasteiger charge is -2.19. The van der Waals surface area contributed by atoms with E-state index < -0.39 is 0 Å². The maximum atomic E-state index is 5.78. The first-order valence-corrected chi connectivity index (χ1v) is 6.44. The Kier molecular flexibility index (Phi) is 4.87. The Morgan fingerprint density at radius 3 is 2.47 bits per heavy atom. The van der Waals surface area contributed by atoms with E-state index in [4.69, 9.17) is 18.0 Å². The molecule has 0 saturated carbocycles. The van der Waals surface area contributed by atoms with Crippen molar-refractivity contribution in [3.63, 3.8) is 0 Å². The van der Waals surface area contributed by atoms with E-state index in [1.165, 1.54) is 0 Å². The van der Waals surface area contributed by atoms with Gasteiger partial charge in [0.15, 0.2) is 0 Å². The van der Waals surface area contributed by atoms with Crippen molar-refractivity contribution in [3.8, 4) is 0 Å². The van der Waals surface area contributed by atoms with Crippen molar-refractivity contribution in [1.82, 2.24) is 4.98 Å². The van der Waals surface area contributed by atoms with Crippen LogP contribution in [0.25, 0.3) is 0 Å². The fraction of sp³-hybridized carbons (Fsp3) is 0.538. The number of aryl methyl sites for hydroxylation is 2. The molecule has 0 spiro atoms. The SMILES string of the molecule is CCC(CC)Nc1nc(C)cc(C)c1C(N)=S. The van der Waals surface area contributed by atoms with E-state index in [1.54, 1.807) is 0 Å². The number of thiocarbonyl (C=S) groups is 1. The summed E-state index contributed by atoms with van der Waals surface area (Å²) < 4.78 is 0. The zero-order valence-corrected chi connectivity index (χ0v) is 11.8. The molecule has 0 atom stereocenters. The van der Waals surface area contributed by atoms with Gasteiger partial charge in [0.25, 0.3) is 0 Å². The van der Waals surface area contributed by atoms with E-state index in [1.807, 2.05) is 19.9 Å². The Morgan fingerprint density at radius 1 is 1.41 bits per heavy atom. The maximum Gasteiger partial charge on any atom is 0.136 e. The fourth-order valence-corrected chi connectivity index (χ4v) is 2.20. The van der Waals surface area contributed by atoms with Gasteiger partial charge in [0, 0.05) is 11.7 Å². The van der Waals surface area contributed by atoms with Crippen LogP contribution in [-0.4, -0.2) is 16.0 Å². The molecular weight excluding hydrogens is 230 g/mol. The summed E-state index contributed by atoms with van der Waals surface area (Å²) in [5.41, 5.74) is 8.71. The molecule has 0 aromatic carbocycles. The predicted octanol–water partition coefficient (Wildman–Crippen LogP) is 2.93. The second-order valence-corrected chi connectivity index (χ2v) is 4.77. The monoisotopic (exact) mass is 251 g/mol. The smallest absolute Gasteiger partial charge is 0.136 e. The van der Waals surface area contributed by atoms with Crippen LogP contribution in [0.2, 0.25) is 0 Å². The molecule has 3 N–H and O–H groups in total. The van der Waals surface area contributed by atoms with Crippen molar-refractivity contribution in [2.75, 3.05) is 5.32 Å². The third-order valence-corrected chi connectivity index (χ3v) is 3.12. The largest absolute Gasteiger partial charge is 0.389 e. The molecule has 1 aromatic rings. The van der Waals surface area contributed by atoms with Crippen molar-refractivity contribution in [1.29, 1.82) is 0 Å². The average Bonchev–Trinajstić information content (AvgIpc) is 2.24. The average molecular weight is 251 g/mol. The third kappa shape index (κ3) is 3.40. The van der Waals surface area contributed by atoms with E-state index in [2.05, 4.69) is 24.1 Å². The minimum atomic E-state index is 0.406. The summed E-state index contributed by atoms with van der Waals surface area (Å²) in [7, 11) is 0. The molecule has 0 amide bonds. The highest BCUT2D eigenvalue weighted by atomic mass is 32.1. The van der Waals surface area contributed by atoms with Gasteiger partial charge in [0.1, 0.15) is 10.8 Å². The molecule has 0 aliphatic heterocycles.